The fourth-order valence-electron chi connectivity index (χ4n) is 2.49. The van der Waals surface area contributed by atoms with Crippen LogP contribution in [-0.4, -0.2) is 49.0 Å². The number of aliphatic hydroxyl groups excluding tert-OH is 1. The van der Waals surface area contributed by atoms with Crippen molar-refractivity contribution in [1.82, 2.24) is 4.90 Å². The van der Waals surface area contributed by atoms with Crippen molar-refractivity contribution in [3.63, 3.8) is 0 Å². The molecule has 0 spiro atoms. The molecule has 1 heterocycles. The number of carbonyl (C=O) groups is 1. The van der Waals surface area contributed by atoms with Crippen LogP contribution >= 0.6 is 0 Å². The number of nitrogens with zero attached hydrogens (tertiary/aromatic N) is 1. The van der Waals surface area contributed by atoms with E-state index in [9.17, 15) is 4.79 Å². The van der Waals surface area contributed by atoms with Crippen molar-refractivity contribution in [2.45, 2.75) is 19.4 Å². The summed E-state index contributed by atoms with van der Waals surface area (Å²) in [7, 11) is 0. The number of ether oxygens (including phenoxy) is 2. The Labute approximate surface area is 125 Å². The lowest BCUT2D eigenvalue weighted by atomic mass is 9.99. The van der Waals surface area contributed by atoms with E-state index in [0.717, 1.165) is 24.9 Å². The van der Waals surface area contributed by atoms with E-state index >= 15 is 0 Å². The van der Waals surface area contributed by atoms with Crippen LogP contribution in [0.15, 0.2) is 30.3 Å². The third-order valence-corrected chi connectivity index (χ3v) is 3.57. The van der Waals surface area contributed by atoms with Crippen molar-refractivity contribution in [3.05, 3.63) is 35.9 Å². The standard InChI is InChI=1S/C16H23NO4/c18-9-10-20-12-15-7-4-8-17(11-15)16(19)21-13-14-5-2-1-3-6-14/h1-3,5-6,15,18H,4,7-13H2/t15-/m0/s1. The van der Waals surface area contributed by atoms with Crippen LogP contribution in [0.5, 0.6) is 0 Å². The third-order valence-electron chi connectivity index (χ3n) is 3.57. The SMILES string of the molecule is O=C(OCc1ccccc1)N1CCC[C@H](COCCO)C1. The monoisotopic (exact) mass is 293 g/mol. The van der Waals surface area contributed by atoms with Crippen LogP contribution < -0.4 is 0 Å². The van der Waals surface area contributed by atoms with E-state index in [1.807, 2.05) is 30.3 Å². The highest BCUT2D eigenvalue weighted by Crippen LogP contribution is 2.18. The molecule has 0 aromatic heterocycles. The zero-order chi connectivity index (χ0) is 14.9. The minimum absolute atomic E-state index is 0.0373. The van der Waals surface area contributed by atoms with Crippen molar-refractivity contribution in [3.8, 4) is 0 Å². The van der Waals surface area contributed by atoms with Gasteiger partial charge in [-0.2, -0.15) is 0 Å². The molecular weight excluding hydrogens is 270 g/mol. The highest BCUT2D eigenvalue weighted by atomic mass is 16.6. The lowest BCUT2D eigenvalue weighted by Gasteiger charge is -2.31. The van der Waals surface area contributed by atoms with Gasteiger partial charge in [-0.25, -0.2) is 4.79 Å². The quantitative estimate of drug-likeness (QED) is 0.816. The fraction of sp³-hybridized carbons (Fsp3) is 0.562. The van der Waals surface area contributed by atoms with Gasteiger partial charge in [-0.15, -0.1) is 0 Å². The number of rotatable bonds is 6. The van der Waals surface area contributed by atoms with E-state index in [2.05, 4.69) is 0 Å². The third kappa shape index (κ3) is 5.36. The van der Waals surface area contributed by atoms with Crippen molar-refractivity contribution >= 4 is 6.09 Å². The predicted molar refractivity (Wildman–Crippen MR) is 78.8 cm³/mol. The summed E-state index contributed by atoms with van der Waals surface area (Å²) in [6.45, 7) is 2.69. The van der Waals surface area contributed by atoms with Crippen molar-refractivity contribution in [2.75, 3.05) is 32.9 Å². The number of hydrogen-bond donors (Lipinski definition) is 1. The Kier molecular flexibility index (Phi) is 6.50. The smallest absolute Gasteiger partial charge is 0.410 e. The summed E-state index contributed by atoms with van der Waals surface area (Å²) in [4.78, 5) is 13.8. The van der Waals surface area contributed by atoms with Crippen LogP contribution in [0.2, 0.25) is 0 Å². The van der Waals surface area contributed by atoms with E-state index in [1.165, 1.54) is 0 Å². The van der Waals surface area contributed by atoms with Crippen LogP contribution in [-0.2, 0) is 16.1 Å². The summed E-state index contributed by atoms with van der Waals surface area (Å²) >= 11 is 0. The first-order chi connectivity index (χ1) is 10.3. The first-order valence-electron chi connectivity index (χ1n) is 7.44. The average Bonchev–Trinajstić information content (AvgIpc) is 2.54. The molecule has 2 rings (SSSR count). The molecule has 1 fully saturated rings. The maximum absolute atomic E-state index is 12.1. The summed E-state index contributed by atoms with van der Waals surface area (Å²) in [5.41, 5.74) is 0.991. The van der Waals surface area contributed by atoms with E-state index in [-0.39, 0.29) is 12.7 Å². The molecule has 0 unspecified atom stereocenters. The molecule has 1 aromatic carbocycles. The lowest BCUT2D eigenvalue weighted by molar-refractivity contribution is 0.0340. The number of likely N-dealkylation sites (tertiary alicyclic amines) is 1. The topological polar surface area (TPSA) is 59.0 Å². The Balaban J connectivity index is 1.74. The van der Waals surface area contributed by atoms with E-state index < -0.39 is 0 Å². The van der Waals surface area contributed by atoms with Crippen LogP contribution in [0.1, 0.15) is 18.4 Å². The molecule has 0 bridgehead atoms. The Hall–Kier alpha value is -1.59. The summed E-state index contributed by atoms with van der Waals surface area (Å²) in [6, 6.07) is 9.67. The lowest BCUT2D eigenvalue weighted by Crippen LogP contribution is -2.41. The first kappa shape index (κ1) is 15.8. The van der Waals surface area contributed by atoms with Gasteiger partial charge in [0, 0.05) is 19.0 Å². The van der Waals surface area contributed by atoms with Crippen LogP contribution in [0.3, 0.4) is 0 Å². The molecule has 1 aromatic rings. The molecule has 0 radical (unpaired) electrons. The molecule has 1 aliphatic rings. The Bertz CT molecular complexity index is 424. The van der Waals surface area contributed by atoms with Crippen molar-refractivity contribution in [1.29, 1.82) is 0 Å². The Morgan fingerprint density at radius 3 is 2.90 bits per heavy atom. The Morgan fingerprint density at radius 2 is 2.14 bits per heavy atom. The van der Waals surface area contributed by atoms with Gasteiger partial charge in [-0.3, -0.25) is 0 Å². The molecule has 0 aliphatic carbocycles. The second-order valence-corrected chi connectivity index (χ2v) is 5.29. The number of piperidine rings is 1. The predicted octanol–water partition coefficient (Wildman–Crippen LogP) is 2.04. The average molecular weight is 293 g/mol. The first-order valence-corrected chi connectivity index (χ1v) is 7.44. The minimum atomic E-state index is -0.259. The largest absolute Gasteiger partial charge is 0.445 e. The fourth-order valence-corrected chi connectivity index (χ4v) is 2.49. The molecule has 1 aliphatic heterocycles. The van der Waals surface area contributed by atoms with Gasteiger partial charge in [-0.1, -0.05) is 30.3 Å². The number of aliphatic hydroxyl groups is 1. The Morgan fingerprint density at radius 1 is 1.33 bits per heavy atom. The van der Waals surface area contributed by atoms with Gasteiger partial charge >= 0.3 is 6.09 Å². The van der Waals surface area contributed by atoms with E-state index in [0.29, 0.717) is 32.3 Å². The number of amides is 1. The maximum Gasteiger partial charge on any atom is 0.410 e. The van der Waals surface area contributed by atoms with E-state index in [4.69, 9.17) is 14.6 Å². The van der Waals surface area contributed by atoms with Gasteiger partial charge < -0.3 is 19.5 Å². The second kappa shape index (κ2) is 8.64. The van der Waals surface area contributed by atoms with E-state index in [1.54, 1.807) is 4.90 Å². The highest BCUT2D eigenvalue weighted by molar-refractivity contribution is 5.67. The molecule has 0 saturated carbocycles. The summed E-state index contributed by atoms with van der Waals surface area (Å²) < 4.78 is 10.7. The second-order valence-electron chi connectivity index (χ2n) is 5.29. The van der Waals surface area contributed by atoms with Crippen molar-refractivity contribution < 1.29 is 19.4 Å². The van der Waals surface area contributed by atoms with Gasteiger partial charge in [0.2, 0.25) is 0 Å². The molecule has 1 saturated heterocycles. The summed E-state index contributed by atoms with van der Waals surface area (Å²) in [6.07, 6.45) is 1.76. The molecule has 5 heteroatoms. The summed E-state index contributed by atoms with van der Waals surface area (Å²) in [5, 5.41) is 8.70. The maximum atomic E-state index is 12.1. The zero-order valence-electron chi connectivity index (χ0n) is 12.2. The molecule has 116 valence electrons. The van der Waals surface area contributed by atoms with Crippen LogP contribution in [0, 0.1) is 5.92 Å². The number of carbonyl (C=O) groups excluding carboxylic acids is 1. The molecular formula is C16H23NO4. The van der Waals surface area contributed by atoms with Crippen LogP contribution in [0.25, 0.3) is 0 Å². The number of benzene rings is 1. The summed E-state index contributed by atoms with van der Waals surface area (Å²) in [5.74, 6) is 0.328. The molecule has 5 nitrogen and oxygen atoms in total. The van der Waals surface area contributed by atoms with Gasteiger partial charge in [0.15, 0.2) is 0 Å². The molecule has 1 amide bonds. The normalized spacial score (nSPS) is 18.5. The van der Waals surface area contributed by atoms with Crippen molar-refractivity contribution in [2.24, 2.45) is 5.92 Å². The van der Waals surface area contributed by atoms with Gasteiger partial charge in [0.05, 0.1) is 19.8 Å². The van der Waals surface area contributed by atoms with Gasteiger partial charge in [-0.05, 0) is 18.4 Å². The molecule has 1 atom stereocenters. The molecule has 1 N–H and O–H groups in total. The van der Waals surface area contributed by atoms with Gasteiger partial charge in [0.1, 0.15) is 6.61 Å². The van der Waals surface area contributed by atoms with Crippen LogP contribution in [0.4, 0.5) is 4.79 Å². The highest BCUT2D eigenvalue weighted by Gasteiger charge is 2.24. The molecule has 21 heavy (non-hydrogen) atoms. The minimum Gasteiger partial charge on any atom is -0.445 e. The number of hydrogen-bond acceptors (Lipinski definition) is 4. The van der Waals surface area contributed by atoms with Gasteiger partial charge in [0.25, 0.3) is 0 Å². The zero-order valence-corrected chi connectivity index (χ0v) is 12.2.